The molecule has 0 saturated heterocycles. The van der Waals surface area contributed by atoms with E-state index in [0.29, 0.717) is 5.92 Å². The zero-order chi connectivity index (χ0) is 11.5. The van der Waals surface area contributed by atoms with E-state index in [-0.39, 0.29) is 5.54 Å². The molecule has 3 heteroatoms. The highest BCUT2D eigenvalue weighted by molar-refractivity contribution is 5.15. The van der Waals surface area contributed by atoms with Gasteiger partial charge in [-0.2, -0.15) is 5.26 Å². The molecule has 86 valence electrons. The molecular formula is C12H23N3. The number of nitrogens with zero attached hydrogens (tertiary/aromatic N) is 2. The molecule has 0 atom stereocenters. The Kier molecular flexibility index (Phi) is 4.12. The minimum Gasteiger partial charge on any atom is -0.308 e. The first-order valence-corrected chi connectivity index (χ1v) is 5.80. The Bertz CT molecular complexity index is 234. The molecular weight excluding hydrogens is 186 g/mol. The third-order valence-corrected chi connectivity index (χ3v) is 3.40. The third-order valence-electron chi connectivity index (χ3n) is 3.40. The minimum atomic E-state index is -0.217. The van der Waals surface area contributed by atoms with Crippen LogP contribution in [0.2, 0.25) is 0 Å². The van der Waals surface area contributed by atoms with Crippen molar-refractivity contribution < 1.29 is 0 Å². The van der Waals surface area contributed by atoms with Crippen molar-refractivity contribution in [2.45, 2.75) is 32.2 Å². The van der Waals surface area contributed by atoms with Gasteiger partial charge in [-0.25, -0.2) is 0 Å². The number of rotatable bonds is 5. The van der Waals surface area contributed by atoms with Gasteiger partial charge in [0.15, 0.2) is 0 Å². The van der Waals surface area contributed by atoms with Crippen LogP contribution in [0.1, 0.15) is 26.7 Å². The van der Waals surface area contributed by atoms with E-state index < -0.39 is 0 Å². The van der Waals surface area contributed by atoms with Gasteiger partial charge in [-0.3, -0.25) is 5.32 Å². The van der Waals surface area contributed by atoms with E-state index in [1.165, 1.54) is 0 Å². The zero-order valence-electron chi connectivity index (χ0n) is 10.4. The topological polar surface area (TPSA) is 39.1 Å². The lowest BCUT2D eigenvalue weighted by Crippen LogP contribution is -2.56. The number of nitriles is 1. The molecule has 0 bridgehead atoms. The fraction of sp³-hybridized carbons (Fsp3) is 0.917. The van der Waals surface area contributed by atoms with Gasteiger partial charge in [-0.15, -0.1) is 0 Å². The number of hydrogen-bond acceptors (Lipinski definition) is 3. The largest absolute Gasteiger partial charge is 0.308 e. The summed E-state index contributed by atoms with van der Waals surface area (Å²) in [5.41, 5.74) is -0.217. The van der Waals surface area contributed by atoms with Gasteiger partial charge in [0.05, 0.1) is 6.07 Å². The van der Waals surface area contributed by atoms with Gasteiger partial charge < -0.3 is 4.90 Å². The van der Waals surface area contributed by atoms with E-state index >= 15 is 0 Å². The molecule has 0 aliphatic heterocycles. The first kappa shape index (κ1) is 12.5. The van der Waals surface area contributed by atoms with Gasteiger partial charge in [0.25, 0.3) is 0 Å². The normalized spacial score (nSPS) is 30.3. The maximum atomic E-state index is 9.18. The quantitative estimate of drug-likeness (QED) is 0.745. The van der Waals surface area contributed by atoms with Gasteiger partial charge >= 0.3 is 0 Å². The van der Waals surface area contributed by atoms with Gasteiger partial charge in [-0.1, -0.05) is 13.8 Å². The van der Waals surface area contributed by atoms with Crippen LogP contribution in [0.15, 0.2) is 0 Å². The fourth-order valence-electron chi connectivity index (χ4n) is 2.10. The molecule has 0 heterocycles. The van der Waals surface area contributed by atoms with Crippen LogP contribution >= 0.6 is 0 Å². The van der Waals surface area contributed by atoms with Crippen molar-refractivity contribution >= 4 is 0 Å². The molecule has 1 aliphatic carbocycles. The van der Waals surface area contributed by atoms with Crippen LogP contribution in [-0.2, 0) is 0 Å². The Hall–Kier alpha value is -0.590. The molecule has 0 aromatic carbocycles. The molecule has 3 nitrogen and oxygen atoms in total. The molecule has 1 rings (SSSR count). The van der Waals surface area contributed by atoms with E-state index in [2.05, 4.69) is 44.2 Å². The Labute approximate surface area is 93.5 Å². The van der Waals surface area contributed by atoms with Crippen LogP contribution < -0.4 is 5.32 Å². The second-order valence-corrected chi connectivity index (χ2v) is 5.34. The van der Waals surface area contributed by atoms with Crippen molar-refractivity contribution in [1.29, 1.82) is 5.26 Å². The van der Waals surface area contributed by atoms with Crippen molar-refractivity contribution in [2.75, 3.05) is 27.2 Å². The molecule has 0 aromatic rings. The molecule has 15 heavy (non-hydrogen) atoms. The van der Waals surface area contributed by atoms with Crippen molar-refractivity contribution in [3.63, 3.8) is 0 Å². The monoisotopic (exact) mass is 209 g/mol. The van der Waals surface area contributed by atoms with Crippen LogP contribution in [0.4, 0.5) is 0 Å². The zero-order valence-corrected chi connectivity index (χ0v) is 10.4. The number of likely N-dealkylation sites (N-methyl/N-ethyl adjacent to an activating group) is 1. The van der Waals surface area contributed by atoms with Crippen LogP contribution in [0.5, 0.6) is 0 Å². The second-order valence-electron chi connectivity index (χ2n) is 5.34. The summed E-state index contributed by atoms with van der Waals surface area (Å²) < 4.78 is 0. The van der Waals surface area contributed by atoms with Crippen LogP contribution in [0.3, 0.4) is 0 Å². The Morgan fingerprint density at radius 3 is 2.47 bits per heavy atom. The molecule has 0 radical (unpaired) electrons. The molecule has 1 saturated carbocycles. The lowest BCUT2D eigenvalue weighted by atomic mass is 9.65. The van der Waals surface area contributed by atoms with Crippen LogP contribution in [-0.4, -0.2) is 37.6 Å². The predicted octanol–water partition coefficient (Wildman–Crippen LogP) is 1.47. The first-order chi connectivity index (χ1) is 6.99. The number of nitrogens with one attached hydrogen (secondary N) is 1. The summed E-state index contributed by atoms with van der Waals surface area (Å²) in [5.74, 6) is 1.44. The van der Waals surface area contributed by atoms with Crippen LogP contribution in [0.25, 0.3) is 0 Å². The van der Waals surface area contributed by atoms with Crippen LogP contribution in [0, 0.1) is 23.2 Å². The molecule has 0 unspecified atom stereocenters. The highest BCUT2D eigenvalue weighted by Crippen LogP contribution is 2.41. The lowest BCUT2D eigenvalue weighted by Gasteiger charge is -2.45. The molecule has 1 N–H and O–H groups in total. The third kappa shape index (κ3) is 3.19. The molecule has 0 aromatic heterocycles. The van der Waals surface area contributed by atoms with E-state index in [1.807, 2.05) is 0 Å². The number of hydrogen-bond donors (Lipinski definition) is 1. The van der Waals surface area contributed by atoms with Gasteiger partial charge in [0.2, 0.25) is 0 Å². The average Bonchev–Trinajstić information content (AvgIpc) is 2.08. The summed E-state index contributed by atoms with van der Waals surface area (Å²) in [4.78, 5) is 2.14. The maximum absolute atomic E-state index is 9.18. The lowest BCUT2D eigenvalue weighted by molar-refractivity contribution is 0.114. The van der Waals surface area contributed by atoms with E-state index in [0.717, 1.165) is 31.8 Å². The van der Waals surface area contributed by atoms with Crippen molar-refractivity contribution in [2.24, 2.45) is 11.8 Å². The second kappa shape index (κ2) is 4.96. The summed E-state index contributed by atoms with van der Waals surface area (Å²) in [6.07, 6.45) is 2.04. The molecule has 0 amide bonds. The van der Waals surface area contributed by atoms with Gasteiger partial charge in [0, 0.05) is 13.1 Å². The predicted molar refractivity (Wildman–Crippen MR) is 62.5 cm³/mol. The standard InChI is InChI=1S/C12H23N3/c1-10(2)11-7-12(8-11,9-13)14-5-6-15(3)4/h10-11,14H,5-8H2,1-4H3. The molecule has 1 aliphatic rings. The maximum Gasteiger partial charge on any atom is 0.107 e. The summed E-state index contributed by atoms with van der Waals surface area (Å²) in [5, 5.41) is 12.6. The van der Waals surface area contributed by atoms with Gasteiger partial charge in [0.1, 0.15) is 5.54 Å². The summed E-state index contributed by atoms with van der Waals surface area (Å²) in [6, 6.07) is 2.44. The average molecular weight is 209 g/mol. The van der Waals surface area contributed by atoms with E-state index in [4.69, 9.17) is 0 Å². The highest BCUT2D eigenvalue weighted by atomic mass is 15.1. The fourth-order valence-corrected chi connectivity index (χ4v) is 2.10. The smallest absolute Gasteiger partial charge is 0.107 e. The Morgan fingerprint density at radius 2 is 2.07 bits per heavy atom. The van der Waals surface area contributed by atoms with Crippen molar-refractivity contribution in [1.82, 2.24) is 10.2 Å². The molecule has 0 spiro atoms. The Morgan fingerprint density at radius 1 is 1.47 bits per heavy atom. The van der Waals surface area contributed by atoms with Crippen molar-refractivity contribution in [3.8, 4) is 6.07 Å². The summed E-state index contributed by atoms with van der Waals surface area (Å²) in [7, 11) is 4.11. The summed E-state index contributed by atoms with van der Waals surface area (Å²) >= 11 is 0. The SMILES string of the molecule is CC(C)C1CC(C#N)(NCCN(C)C)C1. The van der Waals surface area contributed by atoms with Crippen molar-refractivity contribution in [3.05, 3.63) is 0 Å². The van der Waals surface area contributed by atoms with E-state index in [1.54, 1.807) is 0 Å². The minimum absolute atomic E-state index is 0.217. The highest BCUT2D eigenvalue weighted by Gasteiger charge is 2.45. The van der Waals surface area contributed by atoms with E-state index in [9.17, 15) is 5.26 Å². The van der Waals surface area contributed by atoms with Gasteiger partial charge in [-0.05, 0) is 38.8 Å². The Balaban J connectivity index is 2.30. The summed E-state index contributed by atoms with van der Waals surface area (Å²) in [6.45, 7) is 6.39. The molecule has 1 fully saturated rings. The first-order valence-electron chi connectivity index (χ1n) is 5.80.